The molecule has 3 N–H and O–H groups in total. The van der Waals surface area contributed by atoms with Gasteiger partial charge in [-0.25, -0.2) is 4.68 Å². The van der Waals surface area contributed by atoms with Gasteiger partial charge in [0.2, 0.25) is 5.91 Å². The Morgan fingerprint density at radius 3 is 2.83 bits per heavy atom. The van der Waals surface area contributed by atoms with E-state index in [0.29, 0.717) is 25.4 Å². The van der Waals surface area contributed by atoms with Gasteiger partial charge in [0, 0.05) is 19.2 Å². The molecule has 1 heterocycles. The molecule has 1 aromatic rings. The zero-order chi connectivity index (χ0) is 13.5. The lowest BCUT2D eigenvalue weighted by Crippen LogP contribution is -2.32. The molecule has 1 atom stereocenters. The fourth-order valence-corrected chi connectivity index (χ4v) is 1.52. The van der Waals surface area contributed by atoms with Crippen LogP contribution in [0.3, 0.4) is 0 Å². The first kappa shape index (κ1) is 14.6. The van der Waals surface area contributed by atoms with Crippen LogP contribution in [0.25, 0.3) is 0 Å². The van der Waals surface area contributed by atoms with Gasteiger partial charge in [0.05, 0.1) is 5.69 Å². The second-order valence-electron chi connectivity index (χ2n) is 4.88. The number of aromatic nitrogens is 3. The molecule has 1 rings (SSSR count). The van der Waals surface area contributed by atoms with E-state index in [1.807, 2.05) is 6.92 Å². The molecular formula is C12H23N5O. The highest BCUT2D eigenvalue weighted by Crippen LogP contribution is 2.05. The van der Waals surface area contributed by atoms with E-state index in [2.05, 4.69) is 29.5 Å². The maximum absolute atomic E-state index is 11.9. The van der Waals surface area contributed by atoms with E-state index in [0.717, 1.165) is 12.1 Å². The van der Waals surface area contributed by atoms with Gasteiger partial charge in [0.25, 0.3) is 0 Å². The SMILES string of the molecule is CC(C)CCNC(=O)C(C)n1cc(CCN)nn1. The first-order valence-corrected chi connectivity index (χ1v) is 6.43. The zero-order valence-corrected chi connectivity index (χ0v) is 11.4. The van der Waals surface area contributed by atoms with E-state index in [1.54, 1.807) is 10.9 Å². The quantitative estimate of drug-likeness (QED) is 0.741. The summed E-state index contributed by atoms with van der Waals surface area (Å²) < 4.78 is 1.58. The standard InChI is InChI=1S/C12H23N5O/c1-9(2)5-7-14-12(18)10(3)17-8-11(4-6-13)15-16-17/h8-10H,4-7,13H2,1-3H3,(H,14,18). The van der Waals surface area contributed by atoms with Gasteiger partial charge >= 0.3 is 0 Å². The van der Waals surface area contributed by atoms with E-state index < -0.39 is 0 Å². The lowest BCUT2D eigenvalue weighted by molar-refractivity contribution is -0.124. The number of hydrogen-bond donors (Lipinski definition) is 2. The van der Waals surface area contributed by atoms with Crippen molar-refractivity contribution < 1.29 is 4.79 Å². The summed E-state index contributed by atoms with van der Waals surface area (Å²) >= 11 is 0. The lowest BCUT2D eigenvalue weighted by Gasteiger charge is -2.12. The van der Waals surface area contributed by atoms with E-state index in [1.165, 1.54) is 0 Å². The summed E-state index contributed by atoms with van der Waals surface area (Å²) in [4.78, 5) is 11.9. The lowest BCUT2D eigenvalue weighted by atomic mass is 10.1. The first-order chi connectivity index (χ1) is 8.54. The largest absolute Gasteiger partial charge is 0.354 e. The van der Waals surface area contributed by atoms with E-state index in [9.17, 15) is 4.79 Å². The number of carbonyl (C=O) groups is 1. The molecule has 0 aliphatic rings. The van der Waals surface area contributed by atoms with E-state index in [-0.39, 0.29) is 11.9 Å². The number of rotatable bonds is 7. The average molecular weight is 253 g/mol. The molecule has 18 heavy (non-hydrogen) atoms. The van der Waals surface area contributed by atoms with Crippen LogP contribution < -0.4 is 11.1 Å². The summed E-state index contributed by atoms with van der Waals surface area (Å²) in [5, 5.41) is 10.8. The minimum absolute atomic E-state index is 0.0279. The normalized spacial score (nSPS) is 12.7. The molecule has 0 saturated carbocycles. The molecule has 1 unspecified atom stereocenters. The molecular weight excluding hydrogens is 230 g/mol. The van der Waals surface area contributed by atoms with Gasteiger partial charge in [-0.3, -0.25) is 4.79 Å². The number of hydrogen-bond acceptors (Lipinski definition) is 4. The molecule has 6 nitrogen and oxygen atoms in total. The zero-order valence-electron chi connectivity index (χ0n) is 11.4. The van der Waals surface area contributed by atoms with Crippen molar-refractivity contribution in [3.63, 3.8) is 0 Å². The molecule has 0 bridgehead atoms. The highest BCUT2D eigenvalue weighted by Gasteiger charge is 2.16. The smallest absolute Gasteiger partial charge is 0.244 e. The molecule has 0 aromatic carbocycles. The van der Waals surface area contributed by atoms with Crippen LogP contribution in [-0.4, -0.2) is 34.0 Å². The van der Waals surface area contributed by atoms with Crippen molar-refractivity contribution in [2.75, 3.05) is 13.1 Å². The maximum Gasteiger partial charge on any atom is 0.244 e. The number of carbonyl (C=O) groups excluding carboxylic acids is 1. The Morgan fingerprint density at radius 1 is 1.50 bits per heavy atom. The maximum atomic E-state index is 11.9. The van der Waals surface area contributed by atoms with E-state index >= 15 is 0 Å². The van der Waals surface area contributed by atoms with Gasteiger partial charge in [0.1, 0.15) is 6.04 Å². The van der Waals surface area contributed by atoms with Crippen molar-refractivity contribution in [1.29, 1.82) is 0 Å². The third kappa shape index (κ3) is 4.44. The fourth-order valence-electron chi connectivity index (χ4n) is 1.52. The van der Waals surface area contributed by atoms with Crippen molar-refractivity contribution in [1.82, 2.24) is 20.3 Å². The summed E-state index contributed by atoms with van der Waals surface area (Å²) in [6, 6.07) is -0.337. The van der Waals surface area contributed by atoms with Gasteiger partial charge < -0.3 is 11.1 Å². The Bertz CT molecular complexity index is 374. The second-order valence-corrected chi connectivity index (χ2v) is 4.88. The Hall–Kier alpha value is -1.43. The predicted octanol–water partition coefficient (Wildman–Crippen LogP) is 0.503. The van der Waals surface area contributed by atoms with Gasteiger partial charge in [-0.05, 0) is 25.8 Å². The number of nitrogens with zero attached hydrogens (tertiary/aromatic N) is 3. The molecule has 1 aromatic heterocycles. The van der Waals surface area contributed by atoms with Gasteiger partial charge in [-0.1, -0.05) is 19.1 Å². The molecule has 6 heteroatoms. The van der Waals surface area contributed by atoms with Crippen LogP contribution in [0, 0.1) is 5.92 Å². The highest BCUT2D eigenvalue weighted by atomic mass is 16.2. The summed E-state index contributed by atoms with van der Waals surface area (Å²) in [7, 11) is 0. The highest BCUT2D eigenvalue weighted by molar-refractivity contribution is 5.79. The Labute approximate surface area is 108 Å². The van der Waals surface area contributed by atoms with Crippen LogP contribution in [0.2, 0.25) is 0 Å². The van der Waals surface area contributed by atoms with Gasteiger partial charge in [-0.2, -0.15) is 0 Å². The van der Waals surface area contributed by atoms with Crippen LogP contribution in [-0.2, 0) is 11.2 Å². The predicted molar refractivity (Wildman–Crippen MR) is 70.0 cm³/mol. The minimum Gasteiger partial charge on any atom is -0.354 e. The van der Waals surface area contributed by atoms with Crippen LogP contribution >= 0.6 is 0 Å². The second kappa shape index (κ2) is 7.10. The molecule has 0 spiro atoms. The summed E-state index contributed by atoms with van der Waals surface area (Å²) in [5.41, 5.74) is 6.26. The number of amides is 1. The summed E-state index contributed by atoms with van der Waals surface area (Å²) in [5.74, 6) is 0.558. The summed E-state index contributed by atoms with van der Waals surface area (Å²) in [6.07, 6.45) is 3.44. The van der Waals surface area contributed by atoms with Crippen molar-refractivity contribution in [2.24, 2.45) is 11.7 Å². The first-order valence-electron chi connectivity index (χ1n) is 6.43. The van der Waals surface area contributed by atoms with E-state index in [4.69, 9.17) is 5.73 Å². The summed E-state index contributed by atoms with van der Waals surface area (Å²) in [6.45, 7) is 7.31. The molecule has 0 radical (unpaired) electrons. The minimum atomic E-state index is -0.337. The fraction of sp³-hybridized carbons (Fsp3) is 0.750. The average Bonchev–Trinajstić information content (AvgIpc) is 2.76. The third-order valence-corrected chi connectivity index (χ3v) is 2.76. The van der Waals surface area contributed by atoms with Crippen molar-refractivity contribution >= 4 is 5.91 Å². The third-order valence-electron chi connectivity index (χ3n) is 2.76. The van der Waals surface area contributed by atoms with Crippen molar-refractivity contribution in [2.45, 2.75) is 39.7 Å². The number of nitrogens with two attached hydrogens (primary N) is 1. The van der Waals surface area contributed by atoms with Crippen molar-refractivity contribution in [3.8, 4) is 0 Å². The molecule has 0 aliphatic heterocycles. The van der Waals surface area contributed by atoms with Gasteiger partial charge in [-0.15, -0.1) is 5.10 Å². The van der Waals surface area contributed by atoms with Crippen LogP contribution in [0.5, 0.6) is 0 Å². The Morgan fingerprint density at radius 2 is 2.22 bits per heavy atom. The van der Waals surface area contributed by atoms with Crippen LogP contribution in [0.15, 0.2) is 6.20 Å². The van der Waals surface area contributed by atoms with Gasteiger partial charge in [0.15, 0.2) is 0 Å². The molecule has 0 aliphatic carbocycles. The molecule has 1 amide bonds. The van der Waals surface area contributed by atoms with Crippen molar-refractivity contribution in [3.05, 3.63) is 11.9 Å². The van der Waals surface area contributed by atoms with Crippen LogP contribution in [0.1, 0.15) is 38.9 Å². The topological polar surface area (TPSA) is 85.8 Å². The molecule has 0 fully saturated rings. The van der Waals surface area contributed by atoms with Crippen LogP contribution in [0.4, 0.5) is 0 Å². The Balaban J connectivity index is 2.46. The Kier molecular flexibility index (Phi) is 5.77. The number of nitrogens with one attached hydrogen (secondary N) is 1. The molecule has 0 saturated heterocycles. The molecule has 102 valence electrons. The monoisotopic (exact) mass is 253 g/mol.